The van der Waals surface area contributed by atoms with Gasteiger partial charge in [-0.15, -0.1) is 0 Å². The third-order valence-corrected chi connectivity index (χ3v) is 22.0. The highest BCUT2D eigenvalue weighted by Crippen LogP contribution is 2.57. The lowest BCUT2D eigenvalue weighted by molar-refractivity contribution is -1.09. The number of aryl methyl sites for hydroxylation is 1. The molecule has 3 aliphatic carbocycles. The number of quaternary nitrogens is 2. The van der Waals surface area contributed by atoms with Crippen LogP contribution in [0.1, 0.15) is 123 Å². The van der Waals surface area contributed by atoms with E-state index in [2.05, 4.69) is 23.7 Å². The Morgan fingerprint density at radius 2 is 1.41 bits per heavy atom. The number of nitrogens with zero attached hydrogens (tertiary/aromatic N) is 3. The maximum atomic E-state index is 14.7. The minimum absolute atomic E-state index is 0.0479. The van der Waals surface area contributed by atoms with Crippen molar-refractivity contribution in [1.29, 1.82) is 0 Å². The van der Waals surface area contributed by atoms with Gasteiger partial charge in [0.15, 0.2) is 23.5 Å². The molecule has 18 nitrogen and oxygen atoms in total. The van der Waals surface area contributed by atoms with Crippen molar-refractivity contribution in [2.24, 2.45) is 29.6 Å². The van der Waals surface area contributed by atoms with E-state index in [1.54, 1.807) is 91.9 Å². The number of carboxylic acid groups (broad SMARTS) is 2. The van der Waals surface area contributed by atoms with Gasteiger partial charge in [0.25, 0.3) is 0 Å². The molecule has 3 saturated carbocycles. The summed E-state index contributed by atoms with van der Waals surface area (Å²) in [5.74, 6) is -7.21. The standard InChI is InChI=1S/C74H74Cl3F7N6O12/c1-3-102-65-64(91)72(65)55(67(93)89(72)71(99)86-62(73(79,80)81)48-16-8-5-9-17-48)21-10-13-41-34-50(37-51(75)35-41)43-24-28-47(29-25-43)59(46-14-6-4-7-15-46)87(100)39-90(101)38-54(61(90)69(96)97)40(2)33-42-23-32-52(57(77)36-42)44-26-30-49(31-27-44)63(74(82,83)84)85-70(98)88-60(68(94)95)53(66(88)92)20-11-18-45-19-12-22-56(76)58(45)78/h4,6-7,12,14-15,19,22-25,28-29,32,34-37,44,48-49,53-55,59-63,65,87H,2-3,5,8-10,13,16-18,21,26-27,30-31,33,38-39H2,1H3,(H,85,98)(H,86,99)(H,94,95)(H,96,97)/t44?,49?,53-,54-,55+,59?,60+,61+,62+,63+,65?,72-,90?/m1/s1. The Labute approximate surface area is 598 Å². The number of hydrogen-bond donors (Lipinski definition) is 5. The molecule has 3 aliphatic heterocycles. The van der Waals surface area contributed by atoms with Gasteiger partial charge in [0.2, 0.25) is 24.5 Å². The Morgan fingerprint density at radius 1 is 0.765 bits per heavy atom. The molecule has 11 rings (SSSR count). The van der Waals surface area contributed by atoms with Crippen molar-refractivity contribution in [2.45, 2.75) is 157 Å². The van der Waals surface area contributed by atoms with Gasteiger partial charge in [-0.2, -0.15) is 26.3 Å². The number of halogens is 10. The highest BCUT2D eigenvalue weighted by atomic mass is 35.5. The van der Waals surface area contributed by atoms with Gasteiger partial charge >= 0.3 is 36.4 Å². The van der Waals surface area contributed by atoms with Crippen LogP contribution in [-0.2, 0) is 48.0 Å². The van der Waals surface area contributed by atoms with Crippen LogP contribution in [0.25, 0.3) is 11.1 Å². The number of ketones is 1. The van der Waals surface area contributed by atoms with Crippen LogP contribution in [0.4, 0.5) is 40.3 Å². The van der Waals surface area contributed by atoms with E-state index in [4.69, 9.17) is 39.5 Å². The predicted octanol–water partition coefficient (Wildman–Crippen LogP) is 12.9. The van der Waals surface area contributed by atoms with E-state index in [9.17, 15) is 84.9 Å². The van der Waals surface area contributed by atoms with Gasteiger partial charge in [0, 0.05) is 39.8 Å². The van der Waals surface area contributed by atoms with E-state index in [0.29, 0.717) is 74.6 Å². The highest BCUT2D eigenvalue weighted by Gasteiger charge is 2.84. The number of rotatable bonds is 23. The van der Waals surface area contributed by atoms with Crippen LogP contribution in [0.5, 0.6) is 0 Å². The monoisotopic (exact) mass is 1480 g/mol. The van der Waals surface area contributed by atoms with Crippen molar-refractivity contribution in [2.75, 3.05) is 19.8 Å². The molecule has 542 valence electrons. The molecule has 0 bridgehead atoms. The SMILES string of the molecule is C=C(Cc1ccc(C2CCC([C@H](NC(=O)N3C(=O)[C@H](C#CCc4cccc(Cl)c4F)[C@H]3C(=O)O)C(F)(F)F)CC2)c(Cl)c1)[C@H]1C[N+]([O-])(C[NH+]([O-])C(c2ccccc2)c2ccc(-c3cc(Cl)cc(CCC[C@H]4C(=O)N(C(=O)N[C@@H](C5CCCCC5)C(F)(F)F)[C@@]45C(=O)C5OCC)c3)cc2)[C@@H]1C(=O)O. The number of Topliss-reactive ketones (excluding diaryl/α,β-unsaturated/α-hetero) is 1. The largest absolute Gasteiger partial charge is 0.630 e. The number of alkyl halides is 6. The van der Waals surface area contributed by atoms with Gasteiger partial charge < -0.3 is 45.7 Å². The number of β-lactam (4-membered cyclic amide) rings is 2. The number of urea groups is 2. The molecule has 28 heteroatoms. The van der Waals surface area contributed by atoms with E-state index in [1.807, 2.05) is 11.4 Å². The van der Waals surface area contributed by atoms with Crippen LogP contribution in [0.2, 0.25) is 15.1 Å². The van der Waals surface area contributed by atoms with Crippen LogP contribution in [0, 0.1) is 57.7 Å². The Kier molecular flexibility index (Phi) is 22.4. The average Bonchev–Trinajstić information content (AvgIpc) is 1.48. The van der Waals surface area contributed by atoms with Crippen LogP contribution < -0.4 is 15.7 Å². The van der Waals surface area contributed by atoms with Gasteiger partial charge in [-0.1, -0.05) is 163 Å². The van der Waals surface area contributed by atoms with Crippen molar-refractivity contribution in [3.8, 4) is 23.0 Å². The van der Waals surface area contributed by atoms with Crippen molar-refractivity contribution in [3.05, 3.63) is 186 Å². The number of carboxylic acids is 2. The molecule has 12 atom stereocenters. The summed E-state index contributed by atoms with van der Waals surface area (Å²) in [7, 11) is 0. The minimum Gasteiger partial charge on any atom is -0.630 e. The number of benzene rings is 5. The lowest BCUT2D eigenvalue weighted by Gasteiger charge is -2.59. The highest BCUT2D eigenvalue weighted by molar-refractivity contribution is 6.32. The predicted molar refractivity (Wildman–Crippen MR) is 361 cm³/mol. The zero-order chi connectivity index (χ0) is 73.5. The van der Waals surface area contributed by atoms with Crippen LogP contribution in [0.15, 0.2) is 121 Å². The van der Waals surface area contributed by atoms with Crippen LogP contribution >= 0.6 is 34.8 Å². The summed E-state index contributed by atoms with van der Waals surface area (Å²) < 4.78 is 106. The molecular formula is C74H74Cl3F7N6O12. The summed E-state index contributed by atoms with van der Waals surface area (Å²) in [6, 6.07) is 18.3. The summed E-state index contributed by atoms with van der Waals surface area (Å²) in [4.78, 5) is 93.2. The number of carbonyl (C=O) groups excluding carboxylic acids is 5. The second kappa shape index (κ2) is 30.4. The number of nitrogens with one attached hydrogen (secondary N) is 3. The first-order valence-corrected chi connectivity index (χ1v) is 35.0. The first kappa shape index (κ1) is 75.2. The third-order valence-electron chi connectivity index (χ3n) is 21.1. The van der Waals surface area contributed by atoms with E-state index >= 15 is 0 Å². The van der Waals surface area contributed by atoms with Gasteiger partial charge in [0.05, 0.1) is 23.4 Å². The molecule has 4 unspecified atom stereocenters. The summed E-state index contributed by atoms with van der Waals surface area (Å²) >= 11 is 19.3. The van der Waals surface area contributed by atoms with Crippen LogP contribution in [0.3, 0.4) is 0 Å². The Morgan fingerprint density at radius 3 is 2.04 bits per heavy atom. The Bertz CT molecular complexity index is 4130. The maximum Gasteiger partial charge on any atom is 0.408 e. The Hall–Kier alpha value is -7.93. The van der Waals surface area contributed by atoms with Gasteiger partial charge in [-0.3, -0.25) is 14.4 Å². The average molecular weight is 1480 g/mol. The minimum atomic E-state index is -5.00. The number of hydroxylamine groups is 5. The lowest BCUT2D eigenvalue weighted by atomic mass is 9.75. The zero-order valence-corrected chi connectivity index (χ0v) is 57.4. The van der Waals surface area contributed by atoms with Crippen molar-refractivity contribution in [3.63, 3.8) is 0 Å². The number of ether oxygens (including phenoxy) is 1. The fraction of sp³-hybridized carbons (Fsp3) is 0.446. The Balaban J connectivity index is 0.690. The molecule has 6 amide bonds. The summed E-state index contributed by atoms with van der Waals surface area (Å²) in [5, 5.41) is 53.6. The molecule has 3 saturated heterocycles. The number of likely N-dealkylation sites (tertiary alicyclic amines) is 3. The first-order chi connectivity index (χ1) is 48.4. The maximum absolute atomic E-state index is 14.7. The smallest absolute Gasteiger partial charge is 0.408 e. The van der Waals surface area contributed by atoms with Crippen molar-refractivity contribution < 1.29 is 89.0 Å². The normalized spacial score (nSPS) is 26.1. The molecule has 5 N–H and O–H groups in total. The molecule has 3 heterocycles. The number of amides is 6. The van der Waals surface area contributed by atoms with Gasteiger partial charge in [-0.25, -0.2) is 33.4 Å². The molecule has 0 radical (unpaired) electrons. The quantitative estimate of drug-likeness (QED) is 0.00779. The summed E-state index contributed by atoms with van der Waals surface area (Å²) in [5.41, 5.74) is 3.13. The van der Waals surface area contributed by atoms with Crippen LogP contribution in [-0.4, -0.2) is 134 Å². The van der Waals surface area contributed by atoms with E-state index in [-0.39, 0.29) is 97.4 Å². The summed E-state index contributed by atoms with van der Waals surface area (Å²) in [6.07, 6.45) is -7.55. The van der Waals surface area contributed by atoms with Crippen molar-refractivity contribution >= 4 is 76.4 Å². The number of aliphatic carboxylic acids is 2. The number of hydrogen-bond acceptors (Lipinski definition) is 10. The fourth-order valence-electron chi connectivity index (χ4n) is 16.0. The summed E-state index contributed by atoms with van der Waals surface area (Å²) in [6.45, 7) is 4.88. The molecule has 1 spiro atoms. The molecule has 102 heavy (non-hydrogen) atoms. The number of imide groups is 2. The molecule has 0 aromatic heterocycles. The van der Waals surface area contributed by atoms with Gasteiger partial charge in [0.1, 0.15) is 29.9 Å². The molecule has 6 aliphatic rings. The molecule has 5 aromatic carbocycles. The van der Waals surface area contributed by atoms with Gasteiger partial charge in [-0.05, 0) is 141 Å². The third kappa shape index (κ3) is 15.2. The molecular weight excluding hydrogens is 1400 g/mol. The topological polar surface area (TPSA) is 250 Å². The second-order valence-electron chi connectivity index (χ2n) is 27.4. The van der Waals surface area contributed by atoms with Crippen molar-refractivity contribution in [1.82, 2.24) is 20.4 Å². The zero-order valence-electron chi connectivity index (χ0n) is 55.1. The molecule has 5 aromatic rings. The van der Waals surface area contributed by atoms with E-state index in [1.165, 1.54) is 18.2 Å². The van der Waals surface area contributed by atoms with E-state index in [0.717, 1.165) is 12.0 Å². The number of carbonyl (C=O) groups is 7. The molecule has 6 fully saturated rings. The lowest BCUT2D eigenvalue weighted by Crippen LogP contribution is -3.11. The fourth-order valence-corrected chi connectivity index (χ4v) is 16.8. The van der Waals surface area contributed by atoms with E-state index < -0.39 is 148 Å². The second-order valence-corrected chi connectivity index (χ2v) is 28.7. The first-order valence-electron chi connectivity index (χ1n) is 33.8.